The lowest BCUT2D eigenvalue weighted by Crippen LogP contribution is -2.05. The van der Waals surface area contributed by atoms with Gasteiger partial charge < -0.3 is 23.2 Å². The third kappa shape index (κ3) is 2.61. The first-order valence-electron chi connectivity index (χ1n) is 6.73. The maximum Gasteiger partial charge on any atom is 0.338 e. The zero-order valence-corrected chi connectivity index (χ0v) is 11.7. The Morgan fingerprint density at radius 1 is 1.22 bits per heavy atom. The number of nitrogens with zero attached hydrogens (tertiary/aromatic N) is 2. The van der Waals surface area contributed by atoms with Crippen molar-refractivity contribution in [3.05, 3.63) is 48.0 Å². The molecule has 3 heterocycles. The zero-order valence-electron chi connectivity index (χ0n) is 11.7. The largest absolute Gasteiger partial charge is 0.461 e. The molecule has 1 aliphatic rings. The molecule has 2 aromatic heterocycles. The number of hydrogen-bond donors (Lipinski definition) is 0. The van der Waals surface area contributed by atoms with Crippen molar-refractivity contribution in [2.75, 3.05) is 6.79 Å². The predicted molar refractivity (Wildman–Crippen MR) is 73.7 cm³/mol. The number of furan rings is 1. The number of fused-ring (bicyclic) bond motifs is 1. The van der Waals surface area contributed by atoms with Crippen LogP contribution in [0.5, 0.6) is 11.5 Å². The van der Waals surface area contributed by atoms with Gasteiger partial charge in [-0.15, -0.1) is 0 Å². The van der Waals surface area contributed by atoms with Crippen molar-refractivity contribution >= 4 is 5.97 Å². The van der Waals surface area contributed by atoms with Crippen molar-refractivity contribution < 1.29 is 27.9 Å². The molecule has 0 amide bonds. The fourth-order valence-corrected chi connectivity index (χ4v) is 2.05. The van der Waals surface area contributed by atoms with E-state index in [9.17, 15) is 4.79 Å². The summed E-state index contributed by atoms with van der Waals surface area (Å²) in [5.74, 6) is 1.52. The molecule has 3 aromatic rings. The highest BCUT2D eigenvalue weighted by molar-refractivity contribution is 5.90. The van der Waals surface area contributed by atoms with Crippen LogP contribution in [0.1, 0.15) is 16.2 Å². The van der Waals surface area contributed by atoms with Crippen LogP contribution in [-0.4, -0.2) is 22.9 Å². The van der Waals surface area contributed by atoms with Crippen LogP contribution in [0.2, 0.25) is 0 Å². The summed E-state index contributed by atoms with van der Waals surface area (Å²) in [5.41, 5.74) is 0.347. The van der Waals surface area contributed by atoms with E-state index in [4.69, 9.17) is 23.2 Å². The van der Waals surface area contributed by atoms with E-state index in [1.54, 1.807) is 30.3 Å². The number of carbonyl (C=O) groups excluding carboxylic acids is 1. The predicted octanol–water partition coefficient (Wildman–Crippen LogP) is 2.42. The van der Waals surface area contributed by atoms with Crippen molar-refractivity contribution in [1.82, 2.24) is 10.1 Å². The van der Waals surface area contributed by atoms with Crippen molar-refractivity contribution in [2.24, 2.45) is 0 Å². The van der Waals surface area contributed by atoms with E-state index in [1.165, 1.54) is 6.26 Å². The van der Waals surface area contributed by atoms with Crippen LogP contribution in [-0.2, 0) is 11.3 Å². The molecular weight excluding hydrogens is 304 g/mol. The van der Waals surface area contributed by atoms with Gasteiger partial charge in [-0.1, -0.05) is 5.16 Å². The van der Waals surface area contributed by atoms with Crippen molar-refractivity contribution in [3.63, 3.8) is 0 Å². The van der Waals surface area contributed by atoms with Crippen molar-refractivity contribution in [3.8, 4) is 23.1 Å². The van der Waals surface area contributed by atoms with Gasteiger partial charge in [-0.25, -0.2) is 4.79 Å². The Hall–Kier alpha value is -3.29. The Morgan fingerprint density at radius 3 is 3.00 bits per heavy atom. The highest BCUT2D eigenvalue weighted by atomic mass is 16.7. The van der Waals surface area contributed by atoms with Gasteiger partial charge in [-0.05, 0) is 30.3 Å². The summed E-state index contributed by atoms with van der Waals surface area (Å²) in [5, 5.41) is 3.75. The second kappa shape index (κ2) is 5.48. The third-order valence-electron chi connectivity index (χ3n) is 3.14. The van der Waals surface area contributed by atoms with Gasteiger partial charge >= 0.3 is 5.97 Å². The maximum absolute atomic E-state index is 12.0. The molecule has 0 atom stereocenters. The average Bonchev–Trinajstić information content (AvgIpc) is 3.32. The first kappa shape index (κ1) is 13.4. The Kier molecular flexibility index (Phi) is 3.19. The number of esters is 1. The lowest BCUT2D eigenvalue weighted by molar-refractivity contribution is 0.0429. The molecule has 0 saturated heterocycles. The number of hydrogen-bond acceptors (Lipinski definition) is 8. The fourth-order valence-electron chi connectivity index (χ4n) is 2.05. The standard InChI is InChI=1S/C15H10N2O6/c18-15(9-3-4-10-12(6-9)22-8-21-10)20-7-13-16-14(17-23-13)11-2-1-5-19-11/h1-6H,7-8H2. The van der Waals surface area contributed by atoms with Crippen LogP contribution in [0.25, 0.3) is 11.6 Å². The van der Waals surface area contributed by atoms with Crippen LogP contribution in [0, 0.1) is 0 Å². The minimum Gasteiger partial charge on any atom is -0.461 e. The van der Waals surface area contributed by atoms with E-state index in [0.717, 1.165) is 0 Å². The lowest BCUT2D eigenvalue weighted by Gasteiger charge is -2.03. The van der Waals surface area contributed by atoms with Crippen LogP contribution in [0.15, 0.2) is 45.5 Å². The molecule has 1 aliphatic heterocycles. The molecule has 23 heavy (non-hydrogen) atoms. The number of benzene rings is 1. The molecule has 0 spiro atoms. The summed E-state index contributed by atoms with van der Waals surface area (Å²) in [4.78, 5) is 16.1. The molecule has 116 valence electrons. The SMILES string of the molecule is O=C(OCc1nc(-c2ccco2)no1)c1ccc2c(c1)OCO2. The molecule has 8 heteroatoms. The third-order valence-corrected chi connectivity index (χ3v) is 3.14. The summed E-state index contributed by atoms with van der Waals surface area (Å²) in [6.07, 6.45) is 1.50. The molecule has 4 rings (SSSR count). The van der Waals surface area contributed by atoms with Gasteiger partial charge in [0.15, 0.2) is 23.9 Å². The Morgan fingerprint density at radius 2 is 2.13 bits per heavy atom. The second-order valence-corrected chi connectivity index (χ2v) is 4.63. The van der Waals surface area contributed by atoms with Gasteiger partial charge in [0.2, 0.25) is 12.6 Å². The molecule has 0 saturated carbocycles. The highest BCUT2D eigenvalue weighted by Crippen LogP contribution is 2.32. The fraction of sp³-hybridized carbons (Fsp3) is 0.133. The summed E-state index contributed by atoms with van der Waals surface area (Å²) < 4.78 is 25.7. The Balaban J connectivity index is 1.42. The summed E-state index contributed by atoms with van der Waals surface area (Å²) >= 11 is 0. The maximum atomic E-state index is 12.0. The van der Waals surface area contributed by atoms with Gasteiger partial charge in [0.1, 0.15) is 0 Å². The van der Waals surface area contributed by atoms with Crippen LogP contribution in [0.4, 0.5) is 0 Å². The summed E-state index contributed by atoms with van der Waals surface area (Å²) in [6, 6.07) is 8.23. The van der Waals surface area contributed by atoms with Gasteiger partial charge in [-0.2, -0.15) is 4.98 Å². The lowest BCUT2D eigenvalue weighted by atomic mass is 10.2. The normalized spacial score (nSPS) is 12.3. The van der Waals surface area contributed by atoms with Gasteiger partial charge in [-0.3, -0.25) is 0 Å². The van der Waals surface area contributed by atoms with E-state index >= 15 is 0 Å². The Bertz CT molecular complexity index is 840. The molecule has 8 nitrogen and oxygen atoms in total. The number of ether oxygens (including phenoxy) is 3. The molecule has 0 N–H and O–H groups in total. The second-order valence-electron chi connectivity index (χ2n) is 4.63. The summed E-state index contributed by atoms with van der Waals surface area (Å²) in [7, 11) is 0. The van der Waals surface area contributed by atoms with Crippen molar-refractivity contribution in [2.45, 2.75) is 6.61 Å². The van der Waals surface area contributed by atoms with E-state index in [0.29, 0.717) is 28.6 Å². The van der Waals surface area contributed by atoms with Gasteiger partial charge in [0, 0.05) is 0 Å². The molecule has 0 unspecified atom stereocenters. The van der Waals surface area contributed by atoms with Gasteiger partial charge in [0.05, 0.1) is 11.8 Å². The quantitative estimate of drug-likeness (QED) is 0.677. The first-order chi connectivity index (χ1) is 11.3. The van der Waals surface area contributed by atoms with E-state index in [1.807, 2.05) is 0 Å². The summed E-state index contributed by atoms with van der Waals surface area (Å²) in [6.45, 7) is 0.00631. The molecule has 1 aromatic carbocycles. The van der Waals surface area contributed by atoms with Crippen LogP contribution in [0.3, 0.4) is 0 Å². The van der Waals surface area contributed by atoms with Crippen LogP contribution >= 0.6 is 0 Å². The van der Waals surface area contributed by atoms with E-state index in [2.05, 4.69) is 10.1 Å². The zero-order chi connectivity index (χ0) is 15.6. The molecule has 0 aliphatic carbocycles. The van der Waals surface area contributed by atoms with E-state index in [-0.39, 0.29) is 19.3 Å². The van der Waals surface area contributed by atoms with Crippen LogP contribution < -0.4 is 9.47 Å². The minimum atomic E-state index is -0.527. The molecule has 0 fully saturated rings. The Labute approximate surface area is 129 Å². The number of aromatic nitrogens is 2. The van der Waals surface area contributed by atoms with E-state index < -0.39 is 5.97 Å². The molecular formula is C15H10N2O6. The topological polar surface area (TPSA) is 96.8 Å². The average molecular weight is 314 g/mol. The molecule has 0 bridgehead atoms. The van der Waals surface area contributed by atoms with Crippen molar-refractivity contribution in [1.29, 1.82) is 0 Å². The number of carbonyl (C=O) groups is 1. The minimum absolute atomic E-state index is 0.138. The monoisotopic (exact) mass is 314 g/mol. The smallest absolute Gasteiger partial charge is 0.338 e. The van der Waals surface area contributed by atoms with Gasteiger partial charge in [0.25, 0.3) is 5.89 Å². The number of rotatable bonds is 4. The highest BCUT2D eigenvalue weighted by Gasteiger charge is 2.18. The first-order valence-corrected chi connectivity index (χ1v) is 6.73. The molecule has 0 radical (unpaired) electrons.